The lowest BCUT2D eigenvalue weighted by Crippen LogP contribution is -2.15. The van der Waals surface area contributed by atoms with Crippen LogP contribution in [0.1, 0.15) is 37.8 Å². The van der Waals surface area contributed by atoms with Gasteiger partial charge < -0.3 is 9.47 Å². The van der Waals surface area contributed by atoms with E-state index < -0.39 is 0 Å². The molecule has 0 saturated carbocycles. The topological polar surface area (TPSA) is 35.5 Å². The van der Waals surface area contributed by atoms with Crippen LogP contribution >= 0.6 is 0 Å². The normalized spacial score (nSPS) is 12.0. The van der Waals surface area contributed by atoms with Gasteiger partial charge in [0.1, 0.15) is 5.75 Å². The summed E-state index contributed by atoms with van der Waals surface area (Å²) in [5.41, 5.74) is 2.34. The third-order valence-corrected chi connectivity index (χ3v) is 3.07. The van der Waals surface area contributed by atoms with Crippen molar-refractivity contribution in [2.24, 2.45) is 5.92 Å². The van der Waals surface area contributed by atoms with Crippen molar-refractivity contribution in [1.29, 1.82) is 0 Å². The van der Waals surface area contributed by atoms with Crippen LogP contribution in [0.3, 0.4) is 0 Å². The number of benzene rings is 1. The first-order valence-corrected chi connectivity index (χ1v) is 6.91. The first-order chi connectivity index (χ1) is 9.04. The molecule has 0 spiro atoms. The Morgan fingerprint density at radius 1 is 1.32 bits per heavy atom. The minimum atomic E-state index is -0.116. The van der Waals surface area contributed by atoms with Crippen LogP contribution in [0, 0.1) is 19.8 Å². The molecule has 0 saturated heterocycles. The second kappa shape index (κ2) is 7.82. The van der Waals surface area contributed by atoms with E-state index in [1.807, 2.05) is 26.8 Å². The lowest BCUT2D eigenvalue weighted by atomic mass is 10.1. The summed E-state index contributed by atoms with van der Waals surface area (Å²) in [5, 5.41) is 0. The van der Waals surface area contributed by atoms with Gasteiger partial charge in [-0.1, -0.05) is 19.1 Å². The van der Waals surface area contributed by atoms with Crippen LogP contribution < -0.4 is 4.74 Å². The Bertz CT molecular complexity index is 412. The average Bonchev–Trinajstić information content (AvgIpc) is 2.38. The molecule has 0 heterocycles. The summed E-state index contributed by atoms with van der Waals surface area (Å²) in [6.07, 6.45) is 1.65. The molecule has 0 fully saturated rings. The van der Waals surface area contributed by atoms with Gasteiger partial charge in [-0.3, -0.25) is 4.79 Å². The molecule has 1 aromatic carbocycles. The summed E-state index contributed by atoms with van der Waals surface area (Å²) >= 11 is 0. The summed E-state index contributed by atoms with van der Waals surface area (Å²) in [5.74, 6) is 0.764. The van der Waals surface area contributed by atoms with Crippen molar-refractivity contribution >= 4 is 5.97 Å². The molecule has 0 unspecified atom stereocenters. The summed E-state index contributed by atoms with van der Waals surface area (Å²) in [6, 6.07) is 6.18. The standard InChI is InChI=1S/C16H24O3/c1-5-18-16(17)14(4)7-6-10-19-15-11-12(2)8-9-13(15)3/h8-9,11,14H,5-7,10H2,1-4H3/t14-/m1/s1. The molecule has 3 nitrogen and oxygen atoms in total. The lowest BCUT2D eigenvalue weighted by Gasteiger charge is -2.12. The summed E-state index contributed by atoms with van der Waals surface area (Å²) in [4.78, 5) is 11.4. The lowest BCUT2D eigenvalue weighted by molar-refractivity contribution is -0.147. The Hall–Kier alpha value is -1.51. The smallest absolute Gasteiger partial charge is 0.308 e. The number of carbonyl (C=O) groups excluding carboxylic acids is 1. The molecule has 0 radical (unpaired) electrons. The molecule has 0 aliphatic heterocycles. The van der Waals surface area contributed by atoms with Crippen LogP contribution in [-0.2, 0) is 9.53 Å². The predicted molar refractivity (Wildman–Crippen MR) is 76.4 cm³/mol. The second-order valence-electron chi connectivity index (χ2n) is 4.91. The van der Waals surface area contributed by atoms with Crippen LogP contribution in [0.25, 0.3) is 0 Å². The minimum absolute atomic E-state index is 0.0536. The molecular weight excluding hydrogens is 240 g/mol. The van der Waals surface area contributed by atoms with Gasteiger partial charge in [-0.2, -0.15) is 0 Å². The van der Waals surface area contributed by atoms with E-state index in [9.17, 15) is 4.79 Å². The van der Waals surface area contributed by atoms with Gasteiger partial charge in [0.15, 0.2) is 0 Å². The van der Waals surface area contributed by atoms with Gasteiger partial charge in [0.2, 0.25) is 0 Å². The van der Waals surface area contributed by atoms with Gasteiger partial charge in [0, 0.05) is 0 Å². The Labute approximate surface area is 115 Å². The molecule has 1 atom stereocenters. The molecule has 1 rings (SSSR count). The third-order valence-electron chi connectivity index (χ3n) is 3.07. The highest BCUT2D eigenvalue weighted by molar-refractivity contribution is 5.71. The average molecular weight is 264 g/mol. The zero-order chi connectivity index (χ0) is 14.3. The first-order valence-electron chi connectivity index (χ1n) is 6.91. The Kier molecular flexibility index (Phi) is 6.40. The zero-order valence-corrected chi connectivity index (χ0v) is 12.4. The first kappa shape index (κ1) is 15.5. The van der Waals surface area contributed by atoms with E-state index >= 15 is 0 Å². The maximum atomic E-state index is 11.4. The third kappa shape index (κ3) is 5.33. The fourth-order valence-electron chi connectivity index (χ4n) is 1.84. The van der Waals surface area contributed by atoms with E-state index in [0.29, 0.717) is 13.2 Å². The molecule has 0 N–H and O–H groups in total. The molecule has 0 aromatic heterocycles. The van der Waals surface area contributed by atoms with E-state index in [2.05, 4.69) is 19.1 Å². The van der Waals surface area contributed by atoms with Crippen LogP contribution in [0.15, 0.2) is 18.2 Å². The Morgan fingerprint density at radius 2 is 2.05 bits per heavy atom. The molecule has 0 aliphatic rings. The molecule has 19 heavy (non-hydrogen) atoms. The van der Waals surface area contributed by atoms with Gasteiger partial charge in [0.05, 0.1) is 19.1 Å². The zero-order valence-electron chi connectivity index (χ0n) is 12.4. The predicted octanol–water partition coefficient (Wildman–Crippen LogP) is 3.66. The molecule has 3 heteroatoms. The van der Waals surface area contributed by atoms with Crippen molar-refractivity contribution in [1.82, 2.24) is 0 Å². The maximum absolute atomic E-state index is 11.4. The van der Waals surface area contributed by atoms with Crippen molar-refractivity contribution in [2.45, 2.75) is 40.5 Å². The quantitative estimate of drug-likeness (QED) is 0.557. The van der Waals surface area contributed by atoms with Crippen LogP contribution in [0.5, 0.6) is 5.75 Å². The summed E-state index contributed by atoms with van der Waals surface area (Å²) in [6.45, 7) is 8.89. The SMILES string of the molecule is CCOC(=O)[C@H](C)CCCOc1cc(C)ccc1C. The molecule has 1 aromatic rings. The van der Waals surface area contributed by atoms with E-state index in [-0.39, 0.29) is 11.9 Å². The fraction of sp³-hybridized carbons (Fsp3) is 0.562. The highest BCUT2D eigenvalue weighted by Crippen LogP contribution is 2.19. The van der Waals surface area contributed by atoms with Gasteiger partial charge in [-0.15, -0.1) is 0 Å². The largest absolute Gasteiger partial charge is 0.493 e. The van der Waals surface area contributed by atoms with Gasteiger partial charge in [-0.05, 0) is 50.8 Å². The van der Waals surface area contributed by atoms with E-state index in [1.54, 1.807) is 0 Å². The maximum Gasteiger partial charge on any atom is 0.308 e. The second-order valence-corrected chi connectivity index (χ2v) is 4.91. The number of rotatable bonds is 7. The summed E-state index contributed by atoms with van der Waals surface area (Å²) < 4.78 is 10.7. The van der Waals surface area contributed by atoms with Crippen molar-refractivity contribution in [2.75, 3.05) is 13.2 Å². The van der Waals surface area contributed by atoms with E-state index in [1.165, 1.54) is 5.56 Å². The monoisotopic (exact) mass is 264 g/mol. The van der Waals surface area contributed by atoms with Crippen LogP contribution in [0.4, 0.5) is 0 Å². The number of ether oxygens (including phenoxy) is 2. The van der Waals surface area contributed by atoms with Crippen LogP contribution in [0.2, 0.25) is 0 Å². The number of aryl methyl sites for hydroxylation is 2. The molecule has 0 aliphatic carbocycles. The Balaban J connectivity index is 2.31. The highest BCUT2D eigenvalue weighted by atomic mass is 16.5. The molecular formula is C16H24O3. The number of esters is 1. The fourth-order valence-corrected chi connectivity index (χ4v) is 1.84. The Morgan fingerprint density at radius 3 is 2.74 bits per heavy atom. The van der Waals surface area contributed by atoms with Gasteiger partial charge in [0.25, 0.3) is 0 Å². The van der Waals surface area contributed by atoms with E-state index in [0.717, 1.165) is 24.2 Å². The van der Waals surface area contributed by atoms with Gasteiger partial charge >= 0.3 is 5.97 Å². The van der Waals surface area contributed by atoms with Crippen molar-refractivity contribution in [3.05, 3.63) is 29.3 Å². The number of hydrogen-bond acceptors (Lipinski definition) is 3. The van der Waals surface area contributed by atoms with Gasteiger partial charge in [-0.25, -0.2) is 0 Å². The van der Waals surface area contributed by atoms with Crippen LogP contribution in [-0.4, -0.2) is 19.2 Å². The molecule has 0 bridgehead atoms. The number of carbonyl (C=O) groups is 1. The van der Waals surface area contributed by atoms with E-state index in [4.69, 9.17) is 9.47 Å². The van der Waals surface area contributed by atoms with Crippen molar-refractivity contribution in [3.8, 4) is 5.75 Å². The number of hydrogen-bond donors (Lipinski definition) is 0. The minimum Gasteiger partial charge on any atom is -0.493 e. The van der Waals surface area contributed by atoms with Crippen molar-refractivity contribution in [3.63, 3.8) is 0 Å². The molecule has 0 amide bonds. The molecule has 106 valence electrons. The van der Waals surface area contributed by atoms with Crippen molar-refractivity contribution < 1.29 is 14.3 Å². The highest BCUT2D eigenvalue weighted by Gasteiger charge is 2.13. The summed E-state index contributed by atoms with van der Waals surface area (Å²) in [7, 11) is 0.